The fourth-order valence-corrected chi connectivity index (χ4v) is 5.12. The zero-order valence-electron chi connectivity index (χ0n) is 16.7. The fraction of sp³-hybridized carbons (Fsp3) is 0.208. The zero-order chi connectivity index (χ0) is 21.4. The van der Waals surface area contributed by atoms with Gasteiger partial charge in [0.15, 0.2) is 5.78 Å². The Morgan fingerprint density at radius 3 is 2.74 bits per heavy atom. The van der Waals surface area contributed by atoms with E-state index in [0.29, 0.717) is 24.6 Å². The van der Waals surface area contributed by atoms with E-state index in [1.807, 2.05) is 46.8 Å². The summed E-state index contributed by atoms with van der Waals surface area (Å²) in [5, 5.41) is 9.81. The van der Waals surface area contributed by atoms with Crippen molar-refractivity contribution in [2.75, 3.05) is 6.54 Å². The lowest BCUT2D eigenvalue weighted by atomic mass is 9.94. The Labute approximate surface area is 184 Å². The number of ketones is 1. The van der Waals surface area contributed by atoms with Gasteiger partial charge in [-0.2, -0.15) is 0 Å². The molecule has 1 aliphatic heterocycles. The lowest BCUT2D eigenvalue weighted by Gasteiger charge is -2.33. The number of aromatic nitrogens is 1. The maximum absolute atomic E-state index is 12.0. The lowest BCUT2D eigenvalue weighted by molar-refractivity contribution is -0.141. The van der Waals surface area contributed by atoms with Gasteiger partial charge >= 0.3 is 5.97 Å². The number of fused-ring (bicyclic) bond motifs is 2. The average molecular weight is 433 g/mol. The van der Waals surface area contributed by atoms with Crippen LogP contribution >= 0.6 is 11.9 Å². The molecule has 0 bridgehead atoms. The van der Waals surface area contributed by atoms with Crippen LogP contribution < -0.4 is 4.74 Å². The minimum Gasteiger partial charge on any atom is -0.480 e. The molecule has 0 saturated heterocycles. The number of carboxylic acids is 1. The van der Waals surface area contributed by atoms with Gasteiger partial charge in [-0.25, -0.2) is 9.29 Å². The van der Waals surface area contributed by atoms with Crippen molar-refractivity contribution >= 4 is 23.7 Å². The molecular weight excluding hydrogens is 412 g/mol. The highest BCUT2D eigenvalue weighted by molar-refractivity contribution is 7.97. The summed E-state index contributed by atoms with van der Waals surface area (Å²) in [6.07, 6.45) is 3.80. The van der Waals surface area contributed by atoms with Gasteiger partial charge in [0.05, 0.1) is 0 Å². The lowest BCUT2D eigenvalue weighted by Crippen LogP contribution is -2.35. The number of hydrogen-bond acceptors (Lipinski definition) is 6. The van der Waals surface area contributed by atoms with Crippen molar-refractivity contribution in [1.29, 1.82) is 0 Å². The molecule has 0 amide bonds. The summed E-state index contributed by atoms with van der Waals surface area (Å²) in [6, 6.07) is 16.2. The molecular formula is C24H20N2O4S. The summed E-state index contributed by atoms with van der Waals surface area (Å²) in [7, 11) is 0. The van der Waals surface area contributed by atoms with E-state index in [2.05, 4.69) is 4.98 Å². The number of hydrogen-bond donors (Lipinski definition) is 1. The van der Waals surface area contributed by atoms with Gasteiger partial charge in [-0.05, 0) is 65.7 Å². The first-order chi connectivity index (χ1) is 15.1. The molecule has 156 valence electrons. The van der Waals surface area contributed by atoms with Gasteiger partial charge in [0, 0.05) is 35.7 Å². The maximum atomic E-state index is 12.0. The molecule has 5 rings (SSSR count). The third-order valence-corrected chi connectivity index (χ3v) is 6.71. The number of carbonyl (C=O) groups is 2. The van der Waals surface area contributed by atoms with Gasteiger partial charge in [0.1, 0.15) is 11.8 Å². The number of nitrogens with zero attached hydrogens (tertiary/aromatic N) is 2. The van der Waals surface area contributed by atoms with E-state index >= 15 is 0 Å². The normalized spacial score (nSPS) is 17.8. The van der Waals surface area contributed by atoms with E-state index in [9.17, 15) is 14.7 Å². The summed E-state index contributed by atoms with van der Waals surface area (Å²) < 4.78 is 7.74. The minimum absolute atomic E-state index is 0.182. The summed E-state index contributed by atoms with van der Waals surface area (Å²) >= 11 is 1.39. The van der Waals surface area contributed by atoms with Gasteiger partial charge < -0.3 is 9.84 Å². The van der Waals surface area contributed by atoms with Crippen LogP contribution in [0.15, 0.2) is 65.7 Å². The topological polar surface area (TPSA) is 79.7 Å². The van der Waals surface area contributed by atoms with E-state index < -0.39 is 12.0 Å². The highest BCUT2D eigenvalue weighted by Gasteiger charge is 2.33. The summed E-state index contributed by atoms with van der Waals surface area (Å²) in [5.74, 6) is 0.427. The van der Waals surface area contributed by atoms with Crippen molar-refractivity contribution < 1.29 is 19.4 Å². The molecule has 1 N–H and O–H groups in total. The Morgan fingerprint density at radius 1 is 1.06 bits per heavy atom. The average Bonchev–Trinajstić information content (AvgIpc) is 3.15. The molecule has 2 heterocycles. The Bertz CT molecular complexity index is 1160. The number of pyridine rings is 1. The first kappa shape index (κ1) is 19.8. The second kappa shape index (κ2) is 8.17. The molecule has 0 saturated carbocycles. The molecule has 6 nitrogen and oxygen atoms in total. The van der Waals surface area contributed by atoms with Crippen molar-refractivity contribution in [2.45, 2.75) is 30.2 Å². The summed E-state index contributed by atoms with van der Waals surface area (Å²) in [6.45, 7) is 0.644. The van der Waals surface area contributed by atoms with E-state index in [4.69, 9.17) is 4.74 Å². The van der Waals surface area contributed by atoms with Crippen LogP contribution in [0.2, 0.25) is 0 Å². The number of carboxylic acid groups (broad SMARTS) is 1. The Morgan fingerprint density at radius 2 is 1.94 bits per heavy atom. The quantitative estimate of drug-likeness (QED) is 0.586. The third kappa shape index (κ3) is 3.94. The SMILES string of the molecule is O=C1CCc2cc(Oc3ccc(SN4CCc5ccccc5C4C(=O)O)cn3)ccc21. The van der Waals surface area contributed by atoms with Crippen LogP contribution in [0.1, 0.15) is 39.5 Å². The molecule has 7 heteroatoms. The zero-order valence-corrected chi connectivity index (χ0v) is 17.5. The second-order valence-corrected chi connectivity index (χ2v) is 8.72. The molecule has 0 fully saturated rings. The Hall–Kier alpha value is -3.16. The highest BCUT2D eigenvalue weighted by atomic mass is 32.2. The number of Topliss-reactive ketones (excluding diaryl/α,β-unsaturated/α-hetero) is 1. The van der Waals surface area contributed by atoms with Crippen molar-refractivity contribution in [1.82, 2.24) is 9.29 Å². The maximum Gasteiger partial charge on any atom is 0.326 e. The molecule has 0 radical (unpaired) electrons. The smallest absolute Gasteiger partial charge is 0.326 e. The Kier molecular flexibility index (Phi) is 5.21. The second-order valence-electron chi connectivity index (χ2n) is 7.60. The van der Waals surface area contributed by atoms with E-state index in [1.165, 1.54) is 11.9 Å². The fourth-order valence-electron chi connectivity index (χ4n) is 4.13. The molecule has 1 aromatic heterocycles. The summed E-state index contributed by atoms with van der Waals surface area (Å²) in [5.41, 5.74) is 3.73. The largest absolute Gasteiger partial charge is 0.480 e. The van der Waals surface area contributed by atoms with E-state index in [1.54, 1.807) is 18.3 Å². The molecule has 3 aromatic rings. The van der Waals surface area contributed by atoms with Gasteiger partial charge in [-0.3, -0.25) is 9.59 Å². The van der Waals surface area contributed by atoms with Crippen LogP contribution in [-0.2, 0) is 17.6 Å². The van der Waals surface area contributed by atoms with E-state index in [-0.39, 0.29) is 5.78 Å². The van der Waals surface area contributed by atoms with Crippen LogP contribution in [0.25, 0.3) is 0 Å². The van der Waals surface area contributed by atoms with Crippen LogP contribution in [-0.4, -0.2) is 32.7 Å². The van der Waals surface area contributed by atoms with Crippen molar-refractivity contribution in [3.63, 3.8) is 0 Å². The molecule has 2 aliphatic rings. The van der Waals surface area contributed by atoms with Crippen molar-refractivity contribution in [2.24, 2.45) is 0 Å². The number of ether oxygens (including phenoxy) is 1. The first-order valence-electron chi connectivity index (χ1n) is 10.1. The minimum atomic E-state index is -0.859. The third-order valence-electron chi connectivity index (χ3n) is 5.63. The van der Waals surface area contributed by atoms with Crippen LogP contribution in [0.5, 0.6) is 11.6 Å². The number of rotatable bonds is 5. The van der Waals surface area contributed by atoms with Crippen LogP contribution in [0.4, 0.5) is 0 Å². The number of aryl methyl sites for hydroxylation is 1. The number of benzene rings is 2. The van der Waals surface area contributed by atoms with Gasteiger partial charge in [-0.1, -0.05) is 24.3 Å². The van der Waals surface area contributed by atoms with Gasteiger partial charge in [-0.15, -0.1) is 0 Å². The molecule has 31 heavy (non-hydrogen) atoms. The number of carbonyl (C=O) groups excluding carboxylic acids is 1. The van der Waals surface area contributed by atoms with E-state index in [0.717, 1.165) is 40.0 Å². The van der Waals surface area contributed by atoms with Crippen molar-refractivity contribution in [3.8, 4) is 11.6 Å². The molecule has 1 unspecified atom stereocenters. The van der Waals surface area contributed by atoms with Gasteiger partial charge in [0.25, 0.3) is 0 Å². The standard InChI is InChI=1S/C24H20N2O4S/c27-21-9-5-16-13-17(6-8-19(16)21)30-22-10-7-18(14-25-22)31-26-12-11-15-3-1-2-4-20(15)23(26)24(28)29/h1-4,6-8,10,13-14,23H,5,9,11-12H2,(H,28,29). The van der Waals surface area contributed by atoms with Crippen LogP contribution in [0, 0.1) is 0 Å². The monoisotopic (exact) mass is 432 g/mol. The predicted octanol–water partition coefficient (Wildman–Crippen LogP) is 4.69. The van der Waals surface area contributed by atoms with Crippen LogP contribution in [0.3, 0.4) is 0 Å². The number of aliphatic carboxylic acids is 1. The van der Waals surface area contributed by atoms with Crippen molar-refractivity contribution in [3.05, 3.63) is 83.0 Å². The predicted molar refractivity (Wildman–Crippen MR) is 116 cm³/mol. The first-order valence-corrected chi connectivity index (χ1v) is 10.9. The molecule has 1 aliphatic carbocycles. The Balaban J connectivity index is 1.29. The molecule has 1 atom stereocenters. The molecule has 2 aromatic carbocycles. The summed E-state index contributed by atoms with van der Waals surface area (Å²) in [4.78, 5) is 29.0. The molecule has 0 spiro atoms. The highest BCUT2D eigenvalue weighted by Crippen LogP contribution is 2.38. The van der Waals surface area contributed by atoms with Gasteiger partial charge in [0.2, 0.25) is 5.88 Å².